The van der Waals surface area contributed by atoms with Crippen LogP contribution in [0.1, 0.15) is 54.7 Å². The van der Waals surface area contributed by atoms with E-state index in [4.69, 9.17) is 9.47 Å². The predicted molar refractivity (Wildman–Crippen MR) is 153 cm³/mol. The first-order valence-corrected chi connectivity index (χ1v) is 15.1. The van der Waals surface area contributed by atoms with Gasteiger partial charge in [0.25, 0.3) is 0 Å². The Kier molecular flexibility index (Phi) is 6.93. The lowest BCUT2D eigenvalue weighted by Crippen LogP contribution is -2.44. The number of methoxy groups -OCH3 is 1. The quantitative estimate of drug-likeness (QED) is 0.429. The van der Waals surface area contributed by atoms with Crippen LogP contribution >= 0.6 is 0 Å². The molecule has 2 heterocycles. The summed E-state index contributed by atoms with van der Waals surface area (Å²) in [5.41, 5.74) is 1.58. The molecule has 1 saturated heterocycles. The second kappa shape index (κ2) is 10.0. The Bertz CT molecular complexity index is 1680. The van der Waals surface area contributed by atoms with Crippen molar-refractivity contribution in [3.05, 3.63) is 83.4 Å². The van der Waals surface area contributed by atoms with Crippen molar-refractivity contribution in [1.82, 2.24) is 4.90 Å². The Morgan fingerprint density at radius 3 is 2.39 bits per heavy atom. The summed E-state index contributed by atoms with van der Waals surface area (Å²) in [4.78, 5) is 40.9. The van der Waals surface area contributed by atoms with E-state index in [1.807, 2.05) is 42.5 Å². The van der Waals surface area contributed by atoms with Gasteiger partial charge >= 0.3 is 12.1 Å². The van der Waals surface area contributed by atoms with Gasteiger partial charge in [-0.15, -0.1) is 0 Å². The number of anilines is 1. The molecule has 2 amide bonds. The van der Waals surface area contributed by atoms with E-state index in [0.29, 0.717) is 35.3 Å². The van der Waals surface area contributed by atoms with Crippen LogP contribution in [0.5, 0.6) is 0 Å². The molecule has 9 nitrogen and oxygen atoms in total. The Hall–Kier alpha value is -4.18. The van der Waals surface area contributed by atoms with Gasteiger partial charge < -0.3 is 14.8 Å². The van der Waals surface area contributed by atoms with Gasteiger partial charge in [-0.2, -0.15) is 0 Å². The Balaban J connectivity index is 1.66. The molecule has 10 heteroatoms. The first-order chi connectivity index (χ1) is 19.3. The number of nitrogens with zero attached hydrogens (tertiary/aromatic N) is 1. The highest BCUT2D eigenvalue weighted by Gasteiger charge is 2.60. The van der Waals surface area contributed by atoms with E-state index in [-0.39, 0.29) is 16.4 Å². The van der Waals surface area contributed by atoms with Crippen LogP contribution < -0.4 is 5.32 Å². The molecule has 3 aromatic rings. The molecule has 1 fully saturated rings. The molecule has 1 spiro atoms. The SMILES string of the molecule is COC(=O)c1ccc(-c2cccc(C3N(C(=O)OC(C)(C)C)CCC34C(=O)Nc3ccccc34)c2)cc1S(C)(=O)=O. The number of likely N-dealkylation sites (tertiary alicyclic amines) is 1. The fraction of sp³-hybridized carbons (Fsp3) is 0.323. The average Bonchev–Trinajstić information content (AvgIpc) is 3.45. The van der Waals surface area contributed by atoms with E-state index in [1.54, 1.807) is 37.8 Å². The first kappa shape index (κ1) is 28.4. The minimum atomic E-state index is -3.76. The molecule has 2 aliphatic heterocycles. The van der Waals surface area contributed by atoms with Crippen LogP contribution in [0.15, 0.2) is 71.6 Å². The number of benzene rings is 3. The third kappa shape index (κ3) is 4.97. The van der Waals surface area contributed by atoms with Crippen LogP contribution in [0, 0.1) is 0 Å². The minimum Gasteiger partial charge on any atom is -0.465 e. The molecule has 3 aromatic carbocycles. The normalized spacial score (nSPS) is 20.1. The number of hydrogen-bond acceptors (Lipinski definition) is 7. The number of carbonyl (C=O) groups excluding carboxylic acids is 3. The van der Waals surface area contributed by atoms with Crippen molar-refractivity contribution in [3.8, 4) is 11.1 Å². The van der Waals surface area contributed by atoms with Crippen LogP contribution in [-0.4, -0.2) is 56.8 Å². The molecule has 214 valence electrons. The van der Waals surface area contributed by atoms with Crippen LogP contribution in [0.4, 0.5) is 10.5 Å². The van der Waals surface area contributed by atoms with E-state index >= 15 is 0 Å². The molecule has 0 saturated carbocycles. The summed E-state index contributed by atoms with van der Waals surface area (Å²) in [5.74, 6) is -0.945. The third-order valence-corrected chi connectivity index (χ3v) is 8.67. The monoisotopic (exact) mass is 576 g/mol. The molecular weight excluding hydrogens is 544 g/mol. The largest absolute Gasteiger partial charge is 0.465 e. The summed E-state index contributed by atoms with van der Waals surface area (Å²) in [6, 6.07) is 18.6. The van der Waals surface area contributed by atoms with Crippen LogP contribution in [0.25, 0.3) is 11.1 Å². The zero-order valence-electron chi connectivity index (χ0n) is 23.6. The second-order valence-electron chi connectivity index (χ2n) is 11.4. The standard InChI is InChI=1S/C31H32N2O7S/c1-30(2,3)40-29(36)33-16-15-31(23-11-6-7-12-24(23)32-28(31)35)26(33)21-10-8-9-19(17-21)20-13-14-22(27(34)39-4)25(18-20)41(5,37)38/h6-14,17-18,26H,15-16H2,1-5H3,(H,32,35). The fourth-order valence-corrected chi connectivity index (χ4v) is 6.73. The Morgan fingerprint density at radius 1 is 1.00 bits per heavy atom. The fourth-order valence-electron chi connectivity index (χ4n) is 5.84. The van der Waals surface area contributed by atoms with E-state index in [0.717, 1.165) is 11.8 Å². The van der Waals surface area contributed by atoms with Crippen molar-refractivity contribution >= 4 is 33.5 Å². The highest BCUT2D eigenvalue weighted by atomic mass is 32.2. The van der Waals surface area contributed by atoms with Crippen LogP contribution in [0.2, 0.25) is 0 Å². The molecule has 5 rings (SSSR count). The summed E-state index contributed by atoms with van der Waals surface area (Å²) in [6.07, 6.45) is 0.908. The number of esters is 1. The highest BCUT2D eigenvalue weighted by Crippen LogP contribution is 2.55. The summed E-state index contributed by atoms with van der Waals surface area (Å²) in [5, 5.41) is 3.00. The van der Waals surface area contributed by atoms with E-state index in [2.05, 4.69) is 5.32 Å². The first-order valence-electron chi connectivity index (χ1n) is 13.2. The Labute approximate surface area is 239 Å². The number of ether oxygens (including phenoxy) is 2. The molecule has 0 radical (unpaired) electrons. The van der Waals surface area contributed by atoms with Crippen molar-refractivity contribution in [1.29, 1.82) is 0 Å². The van der Waals surface area contributed by atoms with E-state index in [1.165, 1.54) is 19.2 Å². The second-order valence-corrected chi connectivity index (χ2v) is 13.4. The average molecular weight is 577 g/mol. The van der Waals surface area contributed by atoms with E-state index < -0.39 is 39.0 Å². The molecule has 2 atom stereocenters. The number of carbonyl (C=O) groups is 3. The van der Waals surface area contributed by atoms with Gasteiger partial charge in [0.2, 0.25) is 5.91 Å². The summed E-state index contributed by atoms with van der Waals surface area (Å²) in [6.45, 7) is 5.68. The molecule has 1 N–H and O–H groups in total. The number of hydrogen-bond donors (Lipinski definition) is 1. The lowest BCUT2D eigenvalue weighted by molar-refractivity contribution is -0.121. The Morgan fingerprint density at radius 2 is 1.71 bits per heavy atom. The molecule has 2 unspecified atom stereocenters. The number of amides is 2. The van der Waals surface area contributed by atoms with Crippen molar-refractivity contribution in [2.24, 2.45) is 0 Å². The van der Waals surface area contributed by atoms with Gasteiger partial charge in [0, 0.05) is 18.5 Å². The van der Waals surface area contributed by atoms with Crippen LogP contribution in [-0.2, 0) is 29.5 Å². The molecule has 0 aliphatic carbocycles. The van der Waals surface area contributed by atoms with E-state index in [9.17, 15) is 22.8 Å². The topological polar surface area (TPSA) is 119 Å². The minimum absolute atomic E-state index is 0.0556. The summed E-state index contributed by atoms with van der Waals surface area (Å²) in [7, 11) is -2.57. The van der Waals surface area contributed by atoms with Crippen molar-refractivity contribution in [2.75, 3.05) is 25.2 Å². The van der Waals surface area contributed by atoms with Crippen LogP contribution in [0.3, 0.4) is 0 Å². The maximum atomic E-state index is 13.7. The maximum Gasteiger partial charge on any atom is 0.410 e. The van der Waals surface area contributed by atoms with Gasteiger partial charge in [-0.25, -0.2) is 18.0 Å². The van der Waals surface area contributed by atoms with Gasteiger partial charge in [-0.1, -0.05) is 42.5 Å². The molecular formula is C31H32N2O7S. The van der Waals surface area contributed by atoms with Gasteiger partial charge in [0.05, 0.1) is 23.6 Å². The lowest BCUT2D eigenvalue weighted by atomic mass is 9.72. The number of para-hydroxylation sites is 1. The van der Waals surface area contributed by atoms with Crippen molar-refractivity contribution in [3.63, 3.8) is 0 Å². The van der Waals surface area contributed by atoms with Gasteiger partial charge in [0.1, 0.15) is 11.0 Å². The zero-order chi connectivity index (χ0) is 29.7. The molecule has 0 aromatic heterocycles. The molecule has 2 aliphatic rings. The molecule has 41 heavy (non-hydrogen) atoms. The predicted octanol–water partition coefficient (Wildman–Crippen LogP) is 5.12. The van der Waals surface area contributed by atoms with Gasteiger partial charge in [-0.05, 0) is 73.7 Å². The third-order valence-electron chi connectivity index (χ3n) is 7.54. The number of nitrogens with one attached hydrogen (secondary N) is 1. The van der Waals surface area contributed by atoms with Gasteiger partial charge in [0.15, 0.2) is 9.84 Å². The smallest absolute Gasteiger partial charge is 0.410 e. The number of sulfone groups is 1. The van der Waals surface area contributed by atoms with Crippen molar-refractivity contribution in [2.45, 2.75) is 49.1 Å². The zero-order valence-corrected chi connectivity index (χ0v) is 24.4. The summed E-state index contributed by atoms with van der Waals surface area (Å²) < 4.78 is 35.7. The number of fused-ring (bicyclic) bond motifs is 2. The van der Waals surface area contributed by atoms with Gasteiger partial charge in [-0.3, -0.25) is 9.69 Å². The van der Waals surface area contributed by atoms with Crippen molar-refractivity contribution < 1.29 is 32.3 Å². The lowest BCUT2D eigenvalue weighted by Gasteiger charge is -2.35. The maximum absolute atomic E-state index is 13.7. The number of rotatable bonds is 4. The highest BCUT2D eigenvalue weighted by molar-refractivity contribution is 7.90. The molecule has 0 bridgehead atoms. The summed E-state index contributed by atoms with van der Waals surface area (Å²) >= 11 is 0.